The molecule has 0 amide bonds. The van der Waals surface area contributed by atoms with Crippen LogP contribution in [0.3, 0.4) is 0 Å². The minimum atomic E-state index is 0.378. The number of nitrogens with one attached hydrogen (secondary N) is 2. The summed E-state index contributed by atoms with van der Waals surface area (Å²) in [5, 5.41) is 4.20. The molecule has 0 saturated carbocycles. The SMILES string of the molecule is NNc1ncnc(Nc2cc(Cl)c(Cl)cc2Cl)c1Br. The number of hydrazine groups is 1. The third kappa shape index (κ3) is 3.21. The van der Waals surface area contributed by atoms with E-state index in [9.17, 15) is 0 Å². The Balaban J connectivity index is 2.39. The lowest BCUT2D eigenvalue weighted by Gasteiger charge is -2.11. The molecule has 9 heteroatoms. The molecule has 4 N–H and O–H groups in total. The number of halogens is 4. The number of aromatic nitrogens is 2. The summed E-state index contributed by atoms with van der Waals surface area (Å²) in [6.07, 6.45) is 1.35. The zero-order chi connectivity index (χ0) is 14.0. The van der Waals surface area contributed by atoms with Crippen LogP contribution in [-0.4, -0.2) is 9.97 Å². The minimum absolute atomic E-state index is 0.378. The third-order valence-electron chi connectivity index (χ3n) is 2.19. The molecule has 0 unspecified atom stereocenters. The average Bonchev–Trinajstić information content (AvgIpc) is 2.38. The Kier molecular flexibility index (Phi) is 4.70. The van der Waals surface area contributed by atoms with Crippen LogP contribution in [0.1, 0.15) is 0 Å². The van der Waals surface area contributed by atoms with Crippen molar-refractivity contribution in [1.29, 1.82) is 0 Å². The second kappa shape index (κ2) is 6.11. The van der Waals surface area contributed by atoms with Gasteiger partial charge in [0.05, 0.1) is 20.8 Å². The highest BCUT2D eigenvalue weighted by Gasteiger charge is 2.11. The molecule has 0 saturated heterocycles. The first-order chi connectivity index (χ1) is 9.02. The number of nitrogens with zero attached hydrogens (tertiary/aromatic N) is 2. The molecule has 5 nitrogen and oxygen atoms in total. The molecular formula is C10H7BrCl3N5. The smallest absolute Gasteiger partial charge is 0.159 e. The van der Waals surface area contributed by atoms with Gasteiger partial charge in [-0.1, -0.05) is 34.8 Å². The predicted octanol–water partition coefficient (Wildman–Crippen LogP) is 4.23. The fourth-order valence-corrected chi connectivity index (χ4v) is 2.32. The maximum absolute atomic E-state index is 6.07. The first-order valence-corrected chi connectivity index (χ1v) is 6.84. The van der Waals surface area contributed by atoms with E-state index >= 15 is 0 Å². The summed E-state index contributed by atoms with van der Waals surface area (Å²) < 4.78 is 0.569. The second-order valence-electron chi connectivity index (χ2n) is 3.40. The van der Waals surface area contributed by atoms with Gasteiger partial charge in [-0.15, -0.1) is 0 Å². The average molecular weight is 383 g/mol. The number of nitrogen functional groups attached to an aromatic ring is 1. The van der Waals surface area contributed by atoms with Crippen molar-refractivity contribution in [3.8, 4) is 0 Å². The second-order valence-corrected chi connectivity index (χ2v) is 5.41. The van der Waals surface area contributed by atoms with Crippen LogP contribution in [0.15, 0.2) is 22.9 Å². The summed E-state index contributed by atoms with van der Waals surface area (Å²) in [6, 6.07) is 3.15. The van der Waals surface area contributed by atoms with E-state index in [2.05, 4.69) is 36.6 Å². The number of benzene rings is 1. The molecule has 2 aromatic rings. The standard InChI is InChI=1S/C10H7BrCl3N5/c11-8-9(16-3-17-10(8)19-15)18-7-2-5(13)4(12)1-6(7)14/h1-3H,15H2,(H2,16,17,18,19). The summed E-state index contributed by atoms with van der Waals surface area (Å²) in [5.74, 6) is 6.25. The van der Waals surface area contributed by atoms with Crippen LogP contribution in [0.2, 0.25) is 15.1 Å². The molecule has 19 heavy (non-hydrogen) atoms. The van der Waals surface area contributed by atoms with E-state index < -0.39 is 0 Å². The van der Waals surface area contributed by atoms with E-state index in [-0.39, 0.29) is 0 Å². The summed E-state index contributed by atoms with van der Waals surface area (Å²) in [4.78, 5) is 8.01. The quantitative estimate of drug-likeness (QED) is 0.420. The zero-order valence-corrected chi connectivity index (χ0v) is 13.1. The van der Waals surface area contributed by atoms with Gasteiger partial charge >= 0.3 is 0 Å². The van der Waals surface area contributed by atoms with Crippen molar-refractivity contribution >= 4 is 68.1 Å². The Bertz CT molecular complexity index is 622. The van der Waals surface area contributed by atoms with Crippen molar-refractivity contribution in [3.63, 3.8) is 0 Å². The Labute approximate surface area is 132 Å². The number of hydrogen-bond donors (Lipinski definition) is 3. The van der Waals surface area contributed by atoms with Gasteiger partial charge in [0.2, 0.25) is 0 Å². The molecule has 0 spiro atoms. The Morgan fingerprint density at radius 1 is 1.00 bits per heavy atom. The summed E-state index contributed by atoms with van der Waals surface area (Å²) in [5.41, 5.74) is 3.01. The molecular weight excluding hydrogens is 376 g/mol. The molecule has 1 aromatic heterocycles. The molecule has 0 fully saturated rings. The molecule has 0 aliphatic heterocycles. The van der Waals surface area contributed by atoms with Gasteiger partial charge in [0.25, 0.3) is 0 Å². The normalized spacial score (nSPS) is 10.4. The van der Waals surface area contributed by atoms with Crippen molar-refractivity contribution in [2.75, 3.05) is 10.7 Å². The van der Waals surface area contributed by atoms with Crippen LogP contribution >= 0.6 is 50.7 Å². The lowest BCUT2D eigenvalue weighted by atomic mass is 10.3. The largest absolute Gasteiger partial charge is 0.338 e. The molecule has 100 valence electrons. The highest BCUT2D eigenvalue weighted by atomic mass is 79.9. The summed E-state index contributed by atoms with van der Waals surface area (Å²) in [6.45, 7) is 0. The van der Waals surface area contributed by atoms with Gasteiger partial charge in [-0.05, 0) is 28.1 Å². The Morgan fingerprint density at radius 2 is 1.63 bits per heavy atom. The summed E-state index contributed by atoms with van der Waals surface area (Å²) in [7, 11) is 0. The maximum Gasteiger partial charge on any atom is 0.159 e. The molecule has 0 atom stereocenters. The van der Waals surface area contributed by atoms with Crippen LogP contribution in [0.5, 0.6) is 0 Å². The van der Waals surface area contributed by atoms with Crippen molar-refractivity contribution in [2.24, 2.45) is 5.84 Å². The van der Waals surface area contributed by atoms with Gasteiger partial charge in [0.15, 0.2) is 5.82 Å². The van der Waals surface area contributed by atoms with E-state index in [1.165, 1.54) is 6.33 Å². The van der Waals surface area contributed by atoms with E-state index in [1.54, 1.807) is 12.1 Å². The molecule has 1 heterocycles. The monoisotopic (exact) mass is 381 g/mol. The van der Waals surface area contributed by atoms with E-state index in [0.29, 0.717) is 36.9 Å². The maximum atomic E-state index is 6.07. The van der Waals surface area contributed by atoms with Gasteiger partial charge in [0.1, 0.15) is 16.6 Å². The number of hydrogen-bond acceptors (Lipinski definition) is 5. The fourth-order valence-electron chi connectivity index (χ4n) is 1.30. The van der Waals surface area contributed by atoms with Crippen molar-refractivity contribution in [3.05, 3.63) is 38.0 Å². The van der Waals surface area contributed by atoms with E-state index in [0.717, 1.165) is 0 Å². The van der Waals surface area contributed by atoms with Gasteiger partial charge < -0.3 is 10.7 Å². The fraction of sp³-hybridized carbons (Fsp3) is 0. The number of rotatable bonds is 3. The van der Waals surface area contributed by atoms with Gasteiger partial charge in [-0.2, -0.15) is 0 Å². The van der Waals surface area contributed by atoms with Crippen molar-refractivity contribution < 1.29 is 0 Å². The molecule has 0 aliphatic carbocycles. The van der Waals surface area contributed by atoms with Crippen LogP contribution in [0.25, 0.3) is 0 Å². The molecule has 0 bridgehead atoms. The summed E-state index contributed by atoms with van der Waals surface area (Å²) >= 11 is 21.2. The topological polar surface area (TPSA) is 75.9 Å². The van der Waals surface area contributed by atoms with Crippen molar-refractivity contribution in [1.82, 2.24) is 9.97 Å². The van der Waals surface area contributed by atoms with Crippen LogP contribution < -0.4 is 16.6 Å². The van der Waals surface area contributed by atoms with Gasteiger partial charge in [-0.25, -0.2) is 15.8 Å². The highest BCUT2D eigenvalue weighted by Crippen LogP contribution is 2.35. The van der Waals surface area contributed by atoms with Crippen LogP contribution in [-0.2, 0) is 0 Å². The number of nitrogens with two attached hydrogens (primary N) is 1. The van der Waals surface area contributed by atoms with E-state index in [1.807, 2.05) is 0 Å². The predicted molar refractivity (Wildman–Crippen MR) is 82.3 cm³/mol. The molecule has 1 aromatic carbocycles. The van der Waals surface area contributed by atoms with E-state index in [4.69, 9.17) is 40.6 Å². The minimum Gasteiger partial charge on any atom is -0.338 e. The lowest BCUT2D eigenvalue weighted by Crippen LogP contribution is -2.10. The van der Waals surface area contributed by atoms with Gasteiger partial charge in [0, 0.05) is 0 Å². The lowest BCUT2D eigenvalue weighted by molar-refractivity contribution is 1.12. The Morgan fingerprint density at radius 3 is 2.32 bits per heavy atom. The van der Waals surface area contributed by atoms with Crippen LogP contribution in [0, 0.1) is 0 Å². The first kappa shape index (κ1) is 14.6. The number of anilines is 3. The first-order valence-electron chi connectivity index (χ1n) is 4.91. The molecule has 0 aliphatic rings. The molecule has 0 radical (unpaired) electrons. The molecule has 2 rings (SSSR count). The highest BCUT2D eigenvalue weighted by molar-refractivity contribution is 9.10. The van der Waals surface area contributed by atoms with Crippen LogP contribution in [0.4, 0.5) is 17.3 Å². The Hall–Kier alpha value is -0.790. The van der Waals surface area contributed by atoms with Gasteiger partial charge in [-0.3, -0.25) is 0 Å². The third-order valence-corrected chi connectivity index (χ3v) is 3.98. The zero-order valence-electron chi connectivity index (χ0n) is 9.22. The van der Waals surface area contributed by atoms with Crippen molar-refractivity contribution in [2.45, 2.75) is 0 Å².